The summed E-state index contributed by atoms with van der Waals surface area (Å²) in [5.41, 5.74) is 5.25. The molecule has 0 aliphatic rings. The average molecular weight is 548 g/mol. The fourth-order valence-electron chi connectivity index (χ4n) is 4.96. The van der Waals surface area contributed by atoms with Gasteiger partial charge in [-0.3, -0.25) is 4.79 Å². The van der Waals surface area contributed by atoms with E-state index in [0.717, 1.165) is 51.4 Å². The van der Waals surface area contributed by atoms with Crippen LogP contribution in [0.2, 0.25) is 0 Å². The minimum atomic E-state index is -1.88. The number of aliphatic hydroxyl groups is 1. The van der Waals surface area contributed by atoms with Crippen molar-refractivity contribution in [3.05, 3.63) is 82.9 Å². The standard InChI is InChI=1S/C34H45NO5/c1-25-17-18-27(23-26(25)2)13-7-4-5-12-22-40-32(31(36)34(38)39)33(37)35(3)21-11-6-8-14-28-19-20-29-15-9-10-16-30(29)24-28/h9-10,15-20,23-24,31-32,36H,4-8,11-14,21-22H2,1-3H3,(H,38,39). The van der Waals surface area contributed by atoms with Gasteiger partial charge in [-0.1, -0.05) is 79.9 Å². The number of fused-ring (bicyclic) bond motifs is 1. The van der Waals surface area contributed by atoms with Crippen LogP contribution in [0.15, 0.2) is 60.7 Å². The van der Waals surface area contributed by atoms with E-state index in [1.165, 1.54) is 37.9 Å². The molecule has 0 aliphatic heterocycles. The third-order valence-corrected chi connectivity index (χ3v) is 7.66. The van der Waals surface area contributed by atoms with E-state index in [4.69, 9.17) is 4.74 Å². The summed E-state index contributed by atoms with van der Waals surface area (Å²) in [6.45, 7) is 4.97. The highest BCUT2D eigenvalue weighted by Gasteiger charge is 2.34. The van der Waals surface area contributed by atoms with Gasteiger partial charge in [-0.15, -0.1) is 0 Å². The smallest absolute Gasteiger partial charge is 0.335 e. The number of likely N-dealkylation sites (N-methyl/N-ethyl adjacent to an activating group) is 1. The molecule has 3 aromatic rings. The summed E-state index contributed by atoms with van der Waals surface area (Å²) in [6, 6.07) is 21.4. The number of aryl methyl sites for hydroxylation is 4. The second-order valence-corrected chi connectivity index (χ2v) is 10.9. The number of nitrogens with zero attached hydrogens (tertiary/aromatic N) is 1. The molecular formula is C34H45NO5. The van der Waals surface area contributed by atoms with Gasteiger partial charge < -0.3 is 19.8 Å². The number of ether oxygens (including phenoxy) is 1. The number of carbonyl (C=O) groups excluding carboxylic acids is 1. The summed E-state index contributed by atoms with van der Waals surface area (Å²) in [5.74, 6) is -1.94. The van der Waals surface area contributed by atoms with Crippen LogP contribution in [0.25, 0.3) is 10.8 Å². The lowest BCUT2D eigenvalue weighted by atomic mass is 10.0. The second-order valence-electron chi connectivity index (χ2n) is 10.9. The number of aliphatic hydroxyl groups excluding tert-OH is 1. The lowest BCUT2D eigenvalue weighted by Gasteiger charge is -2.25. The summed E-state index contributed by atoms with van der Waals surface area (Å²) in [7, 11) is 1.64. The van der Waals surface area contributed by atoms with E-state index in [9.17, 15) is 19.8 Å². The van der Waals surface area contributed by atoms with E-state index < -0.39 is 24.1 Å². The van der Waals surface area contributed by atoms with Gasteiger partial charge in [0.25, 0.3) is 5.91 Å². The Balaban J connectivity index is 1.35. The molecule has 0 radical (unpaired) electrons. The molecule has 2 unspecified atom stereocenters. The number of unbranched alkanes of at least 4 members (excludes halogenated alkanes) is 5. The maximum atomic E-state index is 13.0. The van der Waals surface area contributed by atoms with Gasteiger partial charge in [0.2, 0.25) is 0 Å². The summed E-state index contributed by atoms with van der Waals surface area (Å²) in [4.78, 5) is 25.9. The normalized spacial score (nSPS) is 12.8. The SMILES string of the molecule is Cc1ccc(CCCCCCOC(C(=O)N(C)CCCCCc2ccc3ccccc3c2)C(O)C(=O)O)cc1C. The monoisotopic (exact) mass is 547 g/mol. The molecule has 0 aliphatic carbocycles. The first-order valence-electron chi connectivity index (χ1n) is 14.6. The number of hydrogen-bond acceptors (Lipinski definition) is 4. The Labute approximate surface area is 239 Å². The first-order chi connectivity index (χ1) is 19.3. The summed E-state index contributed by atoms with van der Waals surface area (Å²) in [5, 5.41) is 22.0. The number of carboxylic acid groups (broad SMARTS) is 1. The van der Waals surface area contributed by atoms with Crippen LogP contribution in [0, 0.1) is 13.8 Å². The molecule has 2 N–H and O–H groups in total. The maximum Gasteiger partial charge on any atom is 0.335 e. The fourth-order valence-corrected chi connectivity index (χ4v) is 4.96. The zero-order valence-corrected chi connectivity index (χ0v) is 24.3. The van der Waals surface area contributed by atoms with Crippen molar-refractivity contribution in [1.82, 2.24) is 4.90 Å². The summed E-state index contributed by atoms with van der Waals surface area (Å²) in [6.07, 6.45) is 5.17. The lowest BCUT2D eigenvalue weighted by molar-refractivity contribution is -0.166. The van der Waals surface area contributed by atoms with Gasteiger partial charge >= 0.3 is 5.97 Å². The molecule has 40 heavy (non-hydrogen) atoms. The quantitative estimate of drug-likeness (QED) is 0.195. The van der Waals surface area contributed by atoms with Gasteiger partial charge in [0.15, 0.2) is 12.2 Å². The number of rotatable bonds is 17. The zero-order chi connectivity index (χ0) is 28.9. The Morgan fingerprint density at radius 3 is 2.10 bits per heavy atom. The Kier molecular flexibility index (Phi) is 12.6. The first kappa shape index (κ1) is 31.3. The number of benzene rings is 3. The molecule has 0 bridgehead atoms. The van der Waals surface area contributed by atoms with Crippen molar-refractivity contribution < 1.29 is 24.5 Å². The van der Waals surface area contributed by atoms with Crippen LogP contribution in [-0.2, 0) is 27.2 Å². The molecule has 0 heterocycles. The van der Waals surface area contributed by atoms with Crippen molar-refractivity contribution in [1.29, 1.82) is 0 Å². The van der Waals surface area contributed by atoms with Gasteiger partial charge in [-0.2, -0.15) is 0 Å². The first-order valence-corrected chi connectivity index (χ1v) is 14.6. The molecule has 6 heteroatoms. The Morgan fingerprint density at radius 1 is 0.775 bits per heavy atom. The van der Waals surface area contributed by atoms with Gasteiger partial charge in [0.1, 0.15) is 0 Å². The highest BCUT2D eigenvalue weighted by atomic mass is 16.5. The summed E-state index contributed by atoms with van der Waals surface area (Å²) >= 11 is 0. The van der Waals surface area contributed by atoms with Crippen molar-refractivity contribution in [2.45, 2.75) is 83.8 Å². The zero-order valence-electron chi connectivity index (χ0n) is 24.3. The molecule has 1 amide bonds. The van der Waals surface area contributed by atoms with Crippen molar-refractivity contribution in [3.63, 3.8) is 0 Å². The highest BCUT2D eigenvalue weighted by molar-refractivity contribution is 5.87. The Bertz CT molecular complexity index is 1240. The van der Waals surface area contributed by atoms with Crippen LogP contribution in [-0.4, -0.2) is 59.4 Å². The molecule has 3 rings (SSSR count). The van der Waals surface area contributed by atoms with Crippen molar-refractivity contribution >= 4 is 22.6 Å². The van der Waals surface area contributed by atoms with E-state index in [2.05, 4.69) is 62.4 Å². The third kappa shape index (κ3) is 9.76. The molecule has 0 saturated heterocycles. The number of carboxylic acids is 1. The van der Waals surface area contributed by atoms with Crippen molar-refractivity contribution in [3.8, 4) is 0 Å². The lowest BCUT2D eigenvalue weighted by Crippen LogP contribution is -2.48. The van der Waals surface area contributed by atoms with E-state index in [0.29, 0.717) is 13.0 Å². The third-order valence-electron chi connectivity index (χ3n) is 7.66. The molecule has 216 valence electrons. The number of hydrogen-bond donors (Lipinski definition) is 2. The van der Waals surface area contributed by atoms with Gasteiger partial charge in [-0.05, 0) is 85.4 Å². The molecular weight excluding hydrogens is 502 g/mol. The topological polar surface area (TPSA) is 87.1 Å². The average Bonchev–Trinajstić information content (AvgIpc) is 2.95. The van der Waals surface area contributed by atoms with Crippen molar-refractivity contribution in [2.75, 3.05) is 20.2 Å². The molecule has 0 spiro atoms. The van der Waals surface area contributed by atoms with Crippen LogP contribution >= 0.6 is 0 Å². The fraction of sp³-hybridized carbons (Fsp3) is 0.471. The predicted octanol–water partition coefficient (Wildman–Crippen LogP) is 6.26. The molecule has 0 saturated carbocycles. The highest BCUT2D eigenvalue weighted by Crippen LogP contribution is 2.18. The van der Waals surface area contributed by atoms with Gasteiger partial charge in [-0.25, -0.2) is 4.79 Å². The van der Waals surface area contributed by atoms with E-state index in [1.807, 2.05) is 12.1 Å². The van der Waals surface area contributed by atoms with Crippen LogP contribution in [0.1, 0.15) is 67.2 Å². The van der Waals surface area contributed by atoms with Gasteiger partial charge in [0.05, 0.1) is 0 Å². The minimum absolute atomic E-state index is 0.240. The molecule has 6 nitrogen and oxygen atoms in total. The summed E-state index contributed by atoms with van der Waals surface area (Å²) < 4.78 is 5.64. The molecule has 3 aromatic carbocycles. The molecule has 2 atom stereocenters. The van der Waals surface area contributed by atoms with Crippen LogP contribution in [0.3, 0.4) is 0 Å². The Hall–Kier alpha value is -3.22. The van der Waals surface area contributed by atoms with E-state index in [-0.39, 0.29) is 6.61 Å². The number of aliphatic carboxylic acids is 1. The van der Waals surface area contributed by atoms with E-state index >= 15 is 0 Å². The largest absolute Gasteiger partial charge is 0.479 e. The molecule has 0 fully saturated rings. The number of amides is 1. The Morgan fingerprint density at radius 2 is 1.40 bits per heavy atom. The number of carbonyl (C=O) groups is 2. The predicted molar refractivity (Wildman–Crippen MR) is 161 cm³/mol. The van der Waals surface area contributed by atoms with Gasteiger partial charge in [0, 0.05) is 20.2 Å². The van der Waals surface area contributed by atoms with Crippen LogP contribution in [0.5, 0.6) is 0 Å². The van der Waals surface area contributed by atoms with E-state index in [1.54, 1.807) is 7.05 Å². The maximum absolute atomic E-state index is 13.0. The van der Waals surface area contributed by atoms with Crippen molar-refractivity contribution in [2.24, 2.45) is 0 Å². The second kappa shape index (κ2) is 16.1. The van der Waals surface area contributed by atoms with Crippen LogP contribution in [0.4, 0.5) is 0 Å². The van der Waals surface area contributed by atoms with Crippen LogP contribution < -0.4 is 0 Å². The minimum Gasteiger partial charge on any atom is -0.479 e. The molecule has 0 aromatic heterocycles.